The Hall–Kier alpha value is -3.27. The zero-order valence-corrected chi connectivity index (χ0v) is 11.8. The van der Waals surface area contributed by atoms with Gasteiger partial charge in [0.2, 0.25) is 5.43 Å². The normalized spacial score (nSPS) is 12.0. The van der Waals surface area contributed by atoms with Crippen molar-refractivity contribution in [1.29, 1.82) is 0 Å². The molecule has 0 aliphatic heterocycles. The van der Waals surface area contributed by atoms with Crippen LogP contribution < -0.4 is 16.3 Å². The maximum atomic E-state index is 12.8. The van der Waals surface area contributed by atoms with E-state index in [4.69, 9.17) is 0 Å². The van der Waals surface area contributed by atoms with Crippen LogP contribution in [0.5, 0.6) is 0 Å². The fourth-order valence-corrected chi connectivity index (χ4v) is 3.51. The van der Waals surface area contributed by atoms with E-state index in [1.165, 1.54) is 0 Å². The molecule has 0 saturated heterocycles. The zero-order chi connectivity index (χ0) is 15.7. The summed E-state index contributed by atoms with van der Waals surface area (Å²) in [5.74, 6) is 0. The molecule has 0 unspecified atom stereocenters. The van der Waals surface area contributed by atoms with E-state index in [9.17, 15) is 14.4 Å². The summed E-state index contributed by atoms with van der Waals surface area (Å²) in [4.78, 5) is 41.3. The van der Waals surface area contributed by atoms with Gasteiger partial charge < -0.3 is 4.98 Å². The monoisotopic (exact) mass is 299 g/mol. The fourth-order valence-electron chi connectivity index (χ4n) is 3.51. The molecule has 0 fully saturated rings. The first-order valence-electron chi connectivity index (χ1n) is 7.27. The average molecular weight is 299 g/mol. The minimum absolute atomic E-state index is 0.200. The maximum Gasteiger partial charge on any atom is 0.210 e. The molecule has 0 aliphatic carbocycles. The van der Waals surface area contributed by atoms with Gasteiger partial charge in [-0.25, -0.2) is 0 Å². The number of fused-ring (bicyclic) bond motifs is 6. The molecule has 0 bridgehead atoms. The molecule has 0 atom stereocenters. The zero-order valence-electron chi connectivity index (χ0n) is 11.8. The summed E-state index contributed by atoms with van der Waals surface area (Å²) < 4.78 is 0. The Bertz CT molecular complexity index is 1410. The lowest BCUT2D eigenvalue weighted by atomic mass is 10.1. The number of hydrogen-bond donors (Lipinski definition) is 1. The highest BCUT2D eigenvalue weighted by Gasteiger charge is 2.20. The van der Waals surface area contributed by atoms with Crippen LogP contribution in [0.2, 0.25) is 0 Å². The Morgan fingerprint density at radius 2 is 0.957 bits per heavy atom. The van der Waals surface area contributed by atoms with Crippen LogP contribution in [-0.4, -0.2) is 4.98 Å². The van der Waals surface area contributed by atoms with Gasteiger partial charge in [-0.05, 0) is 0 Å². The molecule has 5 rings (SSSR count). The van der Waals surface area contributed by atoms with Gasteiger partial charge in [-0.2, -0.15) is 0 Å². The molecular formula is C19H9NO3. The smallest absolute Gasteiger partial charge is 0.210 e. The van der Waals surface area contributed by atoms with Crippen molar-refractivity contribution in [3.63, 3.8) is 0 Å². The van der Waals surface area contributed by atoms with Gasteiger partial charge in [0, 0.05) is 21.5 Å². The third kappa shape index (κ3) is 1.33. The summed E-state index contributed by atoms with van der Waals surface area (Å²) in [6.07, 6.45) is 0. The first-order chi connectivity index (χ1) is 11.2. The Morgan fingerprint density at radius 1 is 0.522 bits per heavy atom. The van der Waals surface area contributed by atoms with Crippen LogP contribution in [0.25, 0.3) is 43.4 Å². The van der Waals surface area contributed by atoms with E-state index in [0.717, 1.165) is 5.39 Å². The molecule has 0 amide bonds. The third-order valence-corrected chi connectivity index (χ3v) is 4.54. The van der Waals surface area contributed by atoms with Crippen LogP contribution in [-0.2, 0) is 0 Å². The Kier molecular flexibility index (Phi) is 2.10. The van der Waals surface area contributed by atoms with Gasteiger partial charge in [-0.3, -0.25) is 14.4 Å². The van der Waals surface area contributed by atoms with E-state index < -0.39 is 0 Å². The topological polar surface area (TPSA) is 67.0 Å². The summed E-state index contributed by atoms with van der Waals surface area (Å²) in [5.41, 5.74) is 0.0871. The first kappa shape index (κ1) is 12.3. The lowest BCUT2D eigenvalue weighted by Gasteiger charge is -1.96. The molecular weight excluding hydrogens is 290 g/mol. The van der Waals surface area contributed by atoms with Crippen molar-refractivity contribution in [3.8, 4) is 0 Å². The molecule has 0 aliphatic rings. The SMILES string of the molecule is O=c1c2ccccc2c(=O)c2c1[nH]c1c3ccccc3c(=O)c12. The molecule has 4 aromatic carbocycles. The van der Waals surface area contributed by atoms with Crippen molar-refractivity contribution in [1.82, 2.24) is 4.98 Å². The Balaban J connectivity index is 2.24. The molecule has 108 valence electrons. The first-order valence-corrected chi connectivity index (χ1v) is 7.27. The lowest BCUT2D eigenvalue weighted by molar-refractivity contribution is 1.54. The van der Waals surface area contributed by atoms with Crippen molar-refractivity contribution in [3.05, 3.63) is 79.2 Å². The predicted molar refractivity (Wildman–Crippen MR) is 92.0 cm³/mol. The van der Waals surface area contributed by atoms with Crippen molar-refractivity contribution in [2.75, 3.05) is 0 Å². The van der Waals surface area contributed by atoms with E-state index in [1.54, 1.807) is 36.4 Å². The van der Waals surface area contributed by atoms with E-state index in [1.807, 2.05) is 12.1 Å². The van der Waals surface area contributed by atoms with Gasteiger partial charge >= 0.3 is 0 Å². The highest BCUT2D eigenvalue weighted by Crippen LogP contribution is 2.28. The number of rotatable bonds is 0. The molecule has 1 heterocycles. The summed E-state index contributed by atoms with van der Waals surface area (Å²) in [7, 11) is 0. The number of aromatic amines is 1. The van der Waals surface area contributed by atoms with Gasteiger partial charge in [-0.1, -0.05) is 48.5 Å². The molecule has 5 aromatic rings. The quantitative estimate of drug-likeness (QED) is 0.478. The van der Waals surface area contributed by atoms with Gasteiger partial charge in [-0.15, -0.1) is 0 Å². The number of hydrogen-bond acceptors (Lipinski definition) is 3. The van der Waals surface area contributed by atoms with Crippen LogP contribution in [0.3, 0.4) is 0 Å². The highest BCUT2D eigenvalue weighted by molar-refractivity contribution is 6.21. The van der Waals surface area contributed by atoms with Gasteiger partial charge in [0.25, 0.3) is 0 Å². The largest absolute Gasteiger partial charge is 0.351 e. The summed E-state index contributed by atoms with van der Waals surface area (Å²) >= 11 is 0. The minimum atomic E-state index is -0.270. The number of aromatic nitrogens is 1. The van der Waals surface area contributed by atoms with E-state index in [0.29, 0.717) is 27.1 Å². The Labute approximate surface area is 128 Å². The summed E-state index contributed by atoms with van der Waals surface area (Å²) in [6.45, 7) is 0. The predicted octanol–water partition coefficient (Wildman–Crippen LogP) is 2.58. The van der Waals surface area contributed by atoms with Crippen LogP contribution in [0.15, 0.2) is 62.9 Å². The van der Waals surface area contributed by atoms with E-state index in [2.05, 4.69) is 4.98 Å². The maximum absolute atomic E-state index is 12.8. The van der Waals surface area contributed by atoms with Crippen LogP contribution >= 0.6 is 0 Å². The fraction of sp³-hybridized carbons (Fsp3) is 0. The van der Waals surface area contributed by atoms with Crippen LogP contribution in [0, 0.1) is 0 Å². The van der Waals surface area contributed by atoms with Crippen molar-refractivity contribution >= 4 is 43.4 Å². The molecule has 23 heavy (non-hydrogen) atoms. The van der Waals surface area contributed by atoms with E-state index >= 15 is 0 Å². The number of nitrogens with one attached hydrogen (secondary N) is 1. The van der Waals surface area contributed by atoms with Crippen molar-refractivity contribution < 1.29 is 0 Å². The summed E-state index contributed by atoms with van der Waals surface area (Å²) in [5, 5.41) is 2.59. The molecule has 0 saturated carbocycles. The molecule has 4 nitrogen and oxygen atoms in total. The van der Waals surface area contributed by atoms with Gasteiger partial charge in [0.15, 0.2) is 10.9 Å². The second kappa shape index (κ2) is 3.93. The van der Waals surface area contributed by atoms with Crippen molar-refractivity contribution in [2.45, 2.75) is 0 Å². The Morgan fingerprint density at radius 3 is 1.57 bits per heavy atom. The molecule has 1 aromatic heterocycles. The summed E-state index contributed by atoms with van der Waals surface area (Å²) in [6, 6.07) is 13.9. The molecule has 4 heteroatoms. The van der Waals surface area contributed by atoms with Crippen LogP contribution in [0.4, 0.5) is 0 Å². The second-order valence-electron chi connectivity index (χ2n) is 5.70. The number of H-pyrrole nitrogens is 1. The highest BCUT2D eigenvalue weighted by atomic mass is 16.1. The lowest BCUT2D eigenvalue weighted by Crippen LogP contribution is -2.13. The molecule has 1 N–H and O–H groups in total. The van der Waals surface area contributed by atoms with Crippen molar-refractivity contribution in [2.24, 2.45) is 0 Å². The van der Waals surface area contributed by atoms with E-state index in [-0.39, 0.29) is 27.2 Å². The number of benzene rings is 3. The third-order valence-electron chi connectivity index (χ3n) is 4.54. The standard InChI is InChI=1S/C19H9NO3/c21-17-10-6-2-1-5-9(10)15-13(17)14-16(20-15)19(23)12-8-4-3-7-11(12)18(14)22/h1-8,20H. The van der Waals surface area contributed by atoms with Gasteiger partial charge in [0.1, 0.15) is 0 Å². The molecule has 0 radical (unpaired) electrons. The minimum Gasteiger partial charge on any atom is -0.351 e. The second-order valence-corrected chi connectivity index (χ2v) is 5.70. The van der Waals surface area contributed by atoms with Crippen LogP contribution in [0.1, 0.15) is 0 Å². The molecule has 0 spiro atoms. The van der Waals surface area contributed by atoms with Gasteiger partial charge in [0.05, 0.1) is 21.8 Å². The average Bonchev–Trinajstić information content (AvgIpc) is 3.11.